The normalized spacial score (nSPS) is 10.9. The molecule has 0 saturated heterocycles. The molecule has 1 aromatic heterocycles. The second-order valence-corrected chi connectivity index (χ2v) is 6.17. The summed E-state index contributed by atoms with van der Waals surface area (Å²) in [4.78, 5) is 28.9. The number of fused-ring (bicyclic) bond motifs is 1. The van der Waals surface area contributed by atoms with Crippen molar-refractivity contribution in [2.24, 2.45) is 0 Å². The summed E-state index contributed by atoms with van der Waals surface area (Å²) in [6.45, 7) is 5.09. The molecule has 0 amide bonds. The molecule has 6 heteroatoms. The minimum Gasteiger partial charge on any atom is -0.465 e. The molecule has 0 aliphatic rings. The van der Waals surface area contributed by atoms with E-state index in [0.717, 1.165) is 19.3 Å². The third kappa shape index (κ3) is 4.58. The van der Waals surface area contributed by atoms with Crippen LogP contribution in [0.2, 0.25) is 0 Å². The third-order valence-electron chi connectivity index (χ3n) is 3.35. The number of hydrogen-bond donors (Lipinski definition) is 0. The van der Waals surface area contributed by atoms with Crippen molar-refractivity contribution in [1.29, 1.82) is 0 Å². The van der Waals surface area contributed by atoms with E-state index in [4.69, 9.17) is 4.74 Å². The number of nitrogens with zero attached hydrogens (tertiary/aromatic N) is 2. The van der Waals surface area contributed by atoms with E-state index in [1.54, 1.807) is 10.6 Å². The third-order valence-corrected chi connectivity index (χ3v) is 4.30. The smallest absolute Gasteiger partial charge is 0.316 e. The summed E-state index contributed by atoms with van der Waals surface area (Å²) in [6.07, 6.45) is 2.68. The van der Waals surface area contributed by atoms with Crippen molar-refractivity contribution in [1.82, 2.24) is 9.55 Å². The highest BCUT2D eigenvalue weighted by Crippen LogP contribution is 2.18. The predicted octanol–water partition coefficient (Wildman–Crippen LogP) is 3.24. The van der Waals surface area contributed by atoms with Crippen LogP contribution in [0.1, 0.15) is 33.1 Å². The van der Waals surface area contributed by atoms with Gasteiger partial charge in [0.25, 0.3) is 5.56 Å². The number of benzene rings is 1. The number of ether oxygens (including phenoxy) is 1. The number of aromatic nitrogens is 2. The second-order valence-electron chi connectivity index (χ2n) is 5.23. The van der Waals surface area contributed by atoms with Crippen LogP contribution in [-0.2, 0) is 16.1 Å². The Hall–Kier alpha value is -1.82. The maximum atomic E-state index is 12.6. The highest BCUT2D eigenvalue weighted by molar-refractivity contribution is 7.99. The average molecular weight is 334 g/mol. The Labute approximate surface area is 140 Å². The standard InChI is InChI=1S/C17H22N2O3S/c1-3-5-11-22-15(20)12-23-17-18-14-9-7-6-8-13(14)16(21)19(17)10-4-2/h6-9H,3-5,10-12H2,1-2H3. The van der Waals surface area contributed by atoms with E-state index in [0.29, 0.717) is 29.2 Å². The van der Waals surface area contributed by atoms with E-state index in [1.807, 2.05) is 32.0 Å². The Kier molecular flexibility index (Phi) is 6.65. The first-order chi connectivity index (χ1) is 11.2. The molecule has 0 radical (unpaired) electrons. The van der Waals surface area contributed by atoms with E-state index < -0.39 is 0 Å². The van der Waals surface area contributed by atoms with E-state index in [2.05, 4.69) is 4.98 Å². The number of rotatable bonds is 8. The van der Waals surface area contributed by atoms with Gasteiger partial charge in [-0.15, -0.1) is 0 Å². The van der Waals surface area contributed by atoms with Gasteiger partial charge in [-0.3, -0.25) is 14.2 Å². The number of carbonyl (C=O) groups is 1. The van der Waals surface area contributed by atoms with Crippen molar-refractivity contribution in [2.75, 3.05) is 12.4 Å². The zero-order valence-corrected chi connectivity index (χ0v) is 14.4. The van der Waals surface area contributed by atoms with Crippen LogP contribution in [0.5, 0.6) is 0 Å². The lowest BCUT2D eigenvalue weighted by Gasteiger charge is -2.12. The lowest BCUT2D eigenvalue weighted by molar-refractivity contribution is -0.140. The van der Waals surface area contributed by atoms with Gasteiger partial charge in [0, 0.05) is 6.54 Å². The molecule has 1 heterocycles. The number of para-hydroxylation sites is 1. The SMILES string of the molecule is CCCCOC(=O)CSc1nc2ccccc2c(=O)n1CCC. The van der Waals surface area contributed by atoms with Gasteiger partial charge >= 0.3 is 5.97 Å². The fraction of sp³-hybridized carbons (Fsp3) is 0.471. The highest BCUT2D eigenvalue weighted by atomic mass is 32.2. The van der Waals surface area contributed by atoms with E-state index in [9.17, 15) is 9.59 Å². The Morgan fingerprint density at radius 3 is 2.78 bits per heavy atom. The molecule has 0 fully saturated rings. The van der Waals surface area contributed by atoms with Crippen molar-refractivity contribution >= 4 is 28.6 Å². The fourth-order valence-corrected chi connectivity index (χ4v) is 3.00. The van der Waals surface area contributed by atoms with Gasteiger partial charge in [0.1, 0.15) is 0 Å². The van der Waals surface area contributed by atoms with Crippen molar-refractivity contribution in [3.63, 3.8) is 0 Å². The summed E-state index contributed by atoms with van der Waals surface area (Å²) in [7, 11) is 0. The van der Waals surface area contributed by atoms with Crippen molar-refractivity contribution in [3.05, 3.63) is 34.6 Å². The molecular weight excluding hydrogens is 312 g/mol. The number of unbranched alkanes of at least 4 members (excludes halogenated alkanes) is 1. The molecule has 0 spiro atoms. The van der Waals surface area contributed by atoms with Crippen molar-refractivity contribution < 1.29 is 9.53 Å². The van der Waals surface area contributed by atoms with Crippen LogP contribution in [-0.4, -0.2) is 27.9 Å². The van der Waals surface area contributed by atoms with Gasteiger partial charge in [-0.1, -0.05) is 44.2 Å². The largest absolute Gasteiger partial charge is 0.465 e. The van der Waals surface area contributed by atoms with Gasteiger partial charge < -0.3 is 4.74 Å². The van der Waals surface area contributed by atoms with E-state index in [1.165, 1.54) is 11.8 Å². The summed E-state index contributed by atoms with van der Waals surface area (Å²) in [5, 5.41) is 1.18. The molecule has 0 saturated carbocycles. The minimum atomic E-state index is -0.270. The molecule has 0 unspecified atom stereocenters. The number of esters is 1. The fourth-order valence-electron chi connectivity index (χ4n) is 2.17. The lowest BCUT2D eigenvalue weighted by atomic mass is 10.2. The molecule has 0 bridgehead atoms. The quantitative estimate of drug-likeness (QED) is 0.321. The van der Waals surface area contributed by atoms with Gasteiger partial charge in [-0.2, -0.15) is 0 Å². The molecule has 0 N–H and O–H groups in total. The Balaban J connectivity index is 2.20. The Morgan fingerprint density at radius 1 is 1.26 bits per heavy atom. The predicted molar refractivity (Wildman–Crippen MR) is 92.9 cm³/mol. The zero-order valence-electron chi connectivity index (χ0n) is 13.6. The summed E-state index contributed by atoms with van der Waals surface area (Å²) < 4.78 is 6.79. The molecule has 0 atom stereocenters. The first kappa shape index (κ1) is 17.5. The summed E-state index contributed by atoms with van der Waals surface area (Å²) in [5.41, 5.74) is 0.603. The van der Waals surface area contributed by atoms with E-state index in [-0.39, 0.29) is 17.3 Å². The van der Waals surface area contributed by atoms with Crippen LogP contribution < -0.4 is 5.56 Å². The molecule has 5 nitrogen and oxygen atoms in total. The van der Waals surface area contributed by atoms with Crippen LogP contribution in [0.4, 0.5) is 0 Å². The van der Waals surface area contributed by atoms with Crippen LogP contribution in [0.3, 0.4) is 0 Å². The lowest BCUT2D eigenvalue weighted by Crippen LogP contribution is -2.23. The van der Waals surface area contributed by atoms with E-state index >= 15 is 0 Å². The maximum Gasteiger partial charge on any atom is 0.316 e. The average Bonchev–Trinajstić information content (AvgIpc) is 2.56. The van der Waals surface area contributed by atoms with Crippen molar-refractivity contribution in [2.45, 2.75) is 44.8 Å². The Bertz CT molecular complexity index is 727. The molecule has 2 rings (SSSR count). The zero-order chi connectivity index (χ0) is 16.7. The molecule has 0 aliphatic heterocycles. The number of thioether (sulfide) groups is 1. The van der Waals surface area contributed by atoms with Gasteiger partial charge in [-0.25, -0.2) is 4.98 Å². The molecule has 2 aromatic rings. The number of hydrogen-bond acceptors (Lipinski definition) is 5. The van der Waals surface area contributed by atoms with Crippen LogP contribution in [0, 0.1) is 0 Å². The minimum absolute atomic E-state index is 0.0562. The number of carbonyl (C=O) groups excluding carboxylic acids is 1. The maximum absolute atomic E-state index is 12.6. The Morgan fingerprint density at radius 2 is 2.04 bits per heavy atom. The first-order valence-corrected chi connectivity index (χ1v) is 8.94. The molecule has 23 heavy (non-hydrogen) atoms. The second kappa shape index (κ2) is 8.72. The van der Waals surface area contributed by atoms with Crippen LogP contribution >= 0.6 is 11.8 Å². The topological polar surface area (TPSA) is 61.2 Å². The summed E-state index contributed by atoms with van der Waals surface area (Å²) in [6, 6.07) is 7.28. The molecule has 1 aromatic carbocycles. The molecule has 0 aliphatic carbocycles. The monoisotopic (exact) mass is 334 g/mol. The molecule has 124 valence electrons. The molecular formula is C17H22N2O3S. The van der Waals surface area contributed by atoms with Gasteiger partial charge in [0.2, 0.25) is 0 Å². The van der Waals surface area contributed by atoms with Crippen LogP contribution in [0.15, 0.2) is 34.2 Å². The van der Waals surface area contributed by atoms with Gasteiger partial charge in [0.05, 0.1) is 23.3 Å². The van der Waals surface area contributed by atoms with Gasteiger partial charge in [0.15, 0.2) is 5.16 Å². The highest BCUT2D eigenvalue weighted by Gasteiger charge is 2.13. The van der Waals surface area contributed by atoms with Crippen molar-refractivity contribution in [3.8, 4) is 0 Å². The van der Waals surface area contributed by atoms with Gasteiger partial charge in [-0.05, 0) is 25.0 Å². The van der Waals surface area contributed by atoms with Crippen LogP contribution in [0.25, 0.3) is 10.9 Å². The summed E-state index contributed by atoms with van der Waals surface area (Å²) in [5.74, 6) is -0.105. The summed E-state index contributed by atoms with van der Waals surface area (Å²) >= 11 is 1.26. The first-order valence-electron chi connectivity index (χ1n) is 7.95.